The first kappa shape index (κ1) is 10.4. The maximum absolute atomic E-state index is 3.20. The first-order chi connectivity index (χ1) is 6.00. The molecule has 0 aromatic carbocycles. The van der Waals surface area contributed by atoms with E-state index in [1.165, 1.54) is 25.1 Å². The highest BCUT2D eigenvalue weighted by atomic mass is 32.2. The predicted molar refractivity (Wildman–Crippen MR) is 57.6 cm³/mol. The largest absolute Gasteiger partial charge is 0.264 e. The molecule has 3 nitrogen and oxygen atoms in total. The smallest absolute Gasteiger partial charge is 0.0298 e. The summed E-state index contributed by atoms with van der Waals surface area (Å²) < 4.78 is 3.20. The molecule has 0 saturated carbocycles. The summed E-state index contributed by atoms with van der Waals surface area (Å²) in [6, 6.07) is 0. The summed E-state index contributed by atoms with van der Waals surface area (Å²) in [5.41, 5.74) is 2.91. The van der Waals surface area contributed by atoms with E-state index in [0.29, 0.717) is 0 Å². The van der Waals surface area contributed by atoms with Crippen molar-refractivity contribution in [2.75, 3.05) is 18.8 Å². The van der Waals surface area contributed by atoms with Crippen LogP contribution in [-0.2, 0) is 0 Å². The first-order valence-electron chi connectivity index (χ1n) is 4.13. The summed E-state index contributed by atoms with van der Waals surface area (Å²) in [6.45, 7) is 2.15. The molecule has 5 heteroatoms. The minimum Gasteiger partial charge on any atom is -0.264 e. The van der Waals surface area contributed by atoms with E-state index < -0.39 is 0 Å². The Labute approximate surface area is 82.4 Å². The number of hydrogen-bond acceptors (Lipinski definition) is 5. The zero-order chi connectivity index (χ0) is 8.49. The van der Waals surface area contributed by atoms with Gasteiger partial charge in [0.25, 0.3) is 0 Å². The second-order valence-corrected chi connectivity index (χ2v) is 4.12. The summed E-state index contributed by atoms with van der Waals surface area (Å²) in [4.78, 5) is 2.86. The minimum atomic E-state index is 0.938. The van der Waals surface area contributed by atoms with Gasteiger partial charge in [-0.3, -0.25) is 4.72 Å². The van der Waals surface area contributed by atoms with Gasteiger partial charge in [-0.25, -0.2) is 5.43 Å². The average molecular weight is 205 g/mol. The molecule has 2 aliphatic heterocycles. The second kappa shape index (κ2) is 7.94. The molecular formula is C7H15N3S2. The van der Waals surface area contributed by atoms with Gasteiger partial charge in [-0.05, 0) is 30.2 Å². The number of hydrazine groups is 1. The zero-order valence-corrected chi connectivity index (χ0v) is 8.64. The number of nitrogens with one attached hydrogen (secondary N) is 3. The van der Waals surface area contributed by atoms with Crippen molar-refractivity contribution in [2.45, 2.75) is 12.8 Å². The van der Waals surface area contributed by atoms with Crippen molar-refractivity contribution < 1.29 is 0 Å². The molecule has 2 aliphatic rings. The molecular weight excluding hydrogens is 190 g/mol. The van der Waals surface area contributed by atoms with E-state index in [1.807, 2.05) is 17.4 Å². The molecule has 12 heavy (non-hydrogen) atoms. The Morgan fingerprint density at radius 3 is 2.42 bits per heavy atom. The molecule has 1 fully saturated rings. The average Bonchev–Trinajstić information content (AvgIpc) is 2.24. The fourth-order valence-corrected chi connectivity index (χ4v) is 2.00. The summed E-state index contributed by atoms with van der Waals surface area (Å²) in [5.74, 6) is 1.31. The molecule has 0 aromatic heterocycles. The maximum Gasteiger partial charge on any atom is 0.0298 e. The Bertz CT molecular complexity index is 106. The van der Waals surface area contributed by atoms with Gasteiger partial charge in [0.15, 0.2) is 0 Å². The van der Waals surface area contributed by atoms with Gasteiger partial charge in [0.1, 0.15) is 0 Å². The van der Waals surface area contributed by atoms with Crippen LogP contribution in [0.25, 0.3) is 0 Å². The molecule has 0 amide bonds. The molecule has 1 saturated heterocycles. The van der Waals surface area contributed by atoms with Crippen molar-refractivity contribution >= 4 is 23.9 Å². The molecule has 2 heterocycles. The molecule has 0 unspecified atom stereocenters. The van der Waals surface area contributed by atoms with Gasteiger partial charge in [-0.2, -0.15) is 4.83 Å². The van der Waals surface area contributed by atoms with Gasteiger partial charge in [-0.15, -0.1) is 0 Å². The van der Waals surface area contributed by atoms with E-state index in [1.54, 1.807) is 11.9 Å². The van der Waals surface area contributed by atoms with Crippen LogP contribution in [0.3, 0.4) is 0 Å². The van der Waals surface area contributed by atoms with Gasteiger partial charge >= 0.3 is 0 Å². The molecule has 0 radical (unpaired) electrons. The lowest BCUT2D eigenvalue weighted by molar-refractivity contribution is 0.751. The van der Waals surface area contributed by atoms with Crippen molar-refractivity contribution in [3.8, 4) is 0 Å². The lowest BCUT2D eigenvalue weighted by Crippen LogP contribution is -2.26. The van der Waals surface area contributed by atoms with Crippen molar-refractivity contribution in [1.29, 1.82) is 0 Å². The van der Waals surface area contributed by atoms with Gasteiger partial charge in [0, 0.05) is 18.8 Å². The fraction of sp³-hybridized carbons (Fsp3) is 0.714. The minimum absolute atomic E-state index is 0.938. The molecule has 2 rings (SSSR count). The summed E-state index contributed by atoms with van der Waals surface area (Å²) >= 11 is 3.40. The Morgan fingerprint density at radius 1 is 1.25 bits per heavy atom. The standard InChI is InChI=1S/C4H9NS.C3H6N2S/c1-2-4-6-5-3-1;1-2-4-5-6-3-1/h5H,1-4H2;1,3-5H,2H2. The van der Waals surface area contributed by atoms with Gasteiger partial charge in [0.05, 0.1) is 0 Å². The van der Waals surface area contributed by atoms with Crippen LogP contribution in [0, 0.1) is 0 Å². The zero-order valence-electron chi connectivity index (χ0n) is 7.01. The highest BCUT2D eigenvalue weighted by Crippen LogP contribution is 2.04. The van der Waals surface area contributed by atoms with E-state index in [0.717, 1.165) is 6.54 Å². The van der Waals surface area contributed by atoms with E-state index in [4.69, 9.17) is 0 Å². The van der Waals surface area contributed by atoms with Crippen molar-refractivity contribution in [2.24, 2.45) is 0 Å². The normalized spacial score (nSPS) is 22.7. The van der Waals surface area contributed by atoms with E-state index >= 15 is 0 Å². The van der Waals surface area contributed by atoms with Gasteiger partial charge in [-0.1, -0.05) is 18.0 Å². The molecule has 70 valence electrons. The maximum atomic E-state index is 3.20. The summed E-state index contributed by atoms with van der Waals surface area (Å²) in [5, 5.41) is 2.01. The molecule has 0 aromatic rings. The van der Waals surface area contributed by atoms with Crippen LogP contribution in [0.5, 0.6) is 0 Å². The molecule has 0 spiro atoms. The van der Waals surface area contributed by atoms with Crippen LogP contribution in [0.2, 0.25) is 0 Å². The first-order valence-corrected chi connectivity index (χ1v) is 6.00. The highest BCUT2D eigenvalue weighted by molar-refractivity contribution is 8.00. The van der Waals surface area contributed by atoms with Crippen LogP contribution in [0.4, 0.5) is 0 Å². The Morgan fingerprint density at radius 2 is 2.25 bits per heavy atom. The van der Waals surface area contributed by atoms with E-state index in [2.05, 4.69) is 21.1 Å². The number of hydrogen-bond donors (Lipinski definition) is 3. The van der Waals surface area contributed by atoms with Crippen molar-refractivity contribution in [1.82, 2.24) is 15.0 Å². The highest BCUT2D eigenvalue weighted by Gasteiger charge is 1.94. The molecule has 0 atom stereocenters. The third-order valence-corrected chi connectivity index (χ3v) is 2.88. The lowest BCUT2D eigenvalue weighted by atomic mass is 10.3. The summed E-state index contributed by atoms with van der Waals surface area (Å²) in [6.07, 6.45) is 4.83. The summed E-state index contributed by atoms with van der Waals surface area (Å²) in [7, 11) is 0. The fourth-order valence-electron chi connectivity index (χ4n) is 0.788. The quantitative estimate of drug-likeness (QED) is 0.519. The monoisotopic (exact) mass is 205 g/mol. The van der Waals surface area contributed by atoms with Gasteiger partial charge < -0.3 is 0 Å². The van der Waals surface area contributed by atoms with Crippen molar-refractivity contribution in [3.63, 3.8) is 0 Å². The van der Waals surface area contributed by atoms with E-state index in [-0.39, 0.29) is 0 Å². The van der Waals surface area contributed by atoms with Gasteiger partial charge in [0.2, 0.25) is 0 Å². The third-order valence-electron chi connectivity index (χ3n) is 1.39. The van der Waals surface area contributed by atoms with Crippen molar-refractivity contribution in [3.05, 3.63) is 11.5 Å². The predicted octanol–water partition coefficient (Wildman–Crippen LogP) is 1.27. The molecule has 3 N–H and O–H groups in total. The van der Waals surface area contributed by atoms with Crippen LogP contribution >= 0.6 is 23.9 Å². The number of rotatable bonds is 0. The third kappa shape index (κ3) is 5.91. The van der Waals surface area contributed by atoms with Crippen LogP contribution in [0.1, 0.15) is 12.8 Å². The Balaban J connectivity index is 0.000000120. The SMILES string of the molecule is C1=CSNNC1.C1CCSNC1. The second-order valence-electron chi connectivity index (χ2n) is 2.42. The van der Waals surface area contributed by atoms with Crippen LogP contribution in [-0.4, -0.2) is 18.8 Å². The lowest BCUT2D eigenvalue weighted by Gasteiger charge is -2.07. The molecule has 0 aliphatic carbocycles. The molecule has 0 bridgehead atoms. The Kier molecular flexibility index (Phi) is 6.88. The van der Waals surface area contributed by atoms with Crippen LogP contribution in [0.15, 0.2) is 11.5 Å². The Hall–Kier alpha value is 0.320. The van der Waals surface area contributed by atoms with E-state index in [9.17, 15) is 0 Å². The topological polar surface area (TPSA) is 36.1 Å². The van der Waals surface area contributed by atoms with Crippen LogP contribution < -0.4 is 15.0 Å².